The molecule has 0 bridgehead atoms. The Morgan fingerprint density at radius 3 is 2.75 bits per heavy atom. The summed E-state index contributed by atoms with van der Waals surface area (Å²) in [5.74, 6) is -0.0810. The van der Waals surface area contributed by atoms with Gasteiger partial charge < -0.3 is 10.2 Å². The van der Waals surface area contributed by atoms with E-state index in [1.54, 1.807) is 11.8 Å². The Morgan fingerprint density at radius 1 is 1.50 bits per heavy atom. The van der Waals surface area contributed by atoms with Gasteiger partial charge in [0.05, 0.1) is 6.04 Å². The molecule has 5 nitrogen and oxygen atoms in total. The number of carbonyl (C=O) groups excluding carboxylic acids is 2. The summed E-state index contributed by atoms with van der Waals surface area (Å²) in [6, 6.07) is -1.01. The zero-order valence-electron chi connectivity index (χ0n) is 12.3. The molecule has 3 unspecified atom stereocenters. The van der Waals surface area contributed by atoms with Crippen LogP contribution in [-0.4, -0.2) is 33.8 Å². The van der Waals surface area contributed by atoms with Crippen molar-refractivity contribution in [1.82, 2.24) is 15.2 Å². The van der Waals surface area contributed by atoms with Crippen LogP contribution in [0, 0.1) is 6.92 Å². The van der Waals surface area contributed by atoms with Crippen molar-refractivity contribution in [2.45, 2.75) is 58.7 Å². The first-order valence-electron chi connectivity index (χ1n) is 7.00. The van der Waals surface area contributed by atoms with Crippen LogP contribution < -0.4 is 5.32 Å². The maximum Gasteiger partial charge on any atom is 0.246 e. The average Bonchev–Trinajstić information content (AvgIpc) is 2.83. The molecule has 1 aliphatic heterocycles. The lowest BCUT2D eigenvalue weighted by Gasteiger charge is -2.40. The standard InChI is InChI=1S/C14H21N3O2S/c1-5-6-11-14(19)17(9(3)12(18)16-11)10(4)13-15-8(2)7-20-13/h7,9-11H,5-6H2,1-4H3,(H,16,18). The molecule has 2 amide bonds. The molecule has 1 fully saturated rings. The number of hydrogen-bond acceptors (Lipinski definition) is 4. The molecular weight excluding hydrogens is 274 g/mol. The van der Waals surface area contributed by atoms with Crippen molar-refractivity contribution in [3.63, 3.8) is 0 Å². The number of nitrogens with zero attached hydrogens (tertiary/aromatic N) is 2. The minimum atomic E-state index is -0.449. The van der Waals surface area contributed by atoms with Crippen LogP contribution in [0.15, 0.2) is 5.38 Å². The molecule has 110 valence electrons. The van der Waals surface area contributed by atoms with Crippen molar-refractivity contribution in [1.29, 1.82) is 0 Å². The number of nitrogens with one attached hydrogen (secondary N) is 1. The minimum absolute atomic E-state index is 0.000645. The molecule has 2 heterocycles. The fourth-order valence-corrected chi connectivity index (χ4v) is 3.40. The summed E-state index contributed by atoms with van der Waals surface area (Å²) < 4.78 is 0. The Kier molecular flexibility index (Phi) is 4.42. The molecule has 0 spiro atoms. The van der Waals surface area contributed by atoms with E-state index >= 15 is 0 Å². The molecule has 2 rings (SSSR count). The van der Waals surface area contributed by atoms with E-state index < -0.39 is 12.1 Å². The smallest absolute Gasteiger partial charge is 0.246 e. The van der Waals surface area contributed by atoms with Gasteiger partial charge in [0, 0.05) is 11.1 Å². The lowest BCUT2D eigenvalue weighted by atomic mass is 10.0. The van der Waals surface area contributed by atoms with Gasteiger partial charge in [-0.15, -0.1) is 11.3 Å². The van der Waals surface area contributed by atoms with Crippen molar-refractivity contribution in [3.05, 3.63) is 16.1 Å². The number of carbonyl (C=O) groups is 2. The quantitative estimate of drug-likeness (QED) is 0.924. The van der Waals surface area contributed by atoms with Crippen molar-refractivity contribution >= 4 is 23.2 Å². The Balaban J connectivity index is 2.26. The van der Waals surface area contributed by atoms with Crippen molar-refractivity contribution in [3.8, 4) is 0 Å². The second kappa shape index (κ2) is 5.91. The largest absolute Gasteiger partial charge is 0.343 e. The van der Waals surface area contributed by atoms with Crippen molar-refractivity contribution in [2.24, 2.45) is 0 Å². The molecule has 1 saturated heterocycles. The first-order chi connectivity index (χ1) is 9.45. The second-order valence-corrected chi connectivity index (χ2v) is 6.16. The van der Waals surface area contributed by atoms with E-state index in [1.807, 2.05) is 26.2 Å². The Hall–Kier alpha value is -1.43. The van der Waals surface area contributed by atoms with Gasteiger partial charge in [-0.25, -0.2) is 4.98 Å². The highest BCUT2D eigenvalue weighted by atomic mass is 32.1. The molecule has 3 atom stereocenters. The summed E-state index contributed by atoms with van der Waals surface area (Å²) in [6.07, 6.45) is 1.54. The average molecular weight is 295 g/mol. The van der Waals surface area contributed by atoms with E-state index in [4.69, 9.17) is 0 Å². The van der Waals surface area contributed by atoms with Crippen LogP contribution in [-0.2, 0) is 9.59 Å². The molecule has 6 heteroatoms. The van der Waals surface area contributed by atoms with Crippen LogP contribution in [0.5, 0.6) is 0 Å². The maximum atomic E-state index is 12.6. The molecule has 0 aromatic carbocycles. The molecule has 1 aliphatic rings. The third kappa shape index (κ3) is 2.70. The fourth-order valence-electron chi connectivity index (χ4n) is 2.54. The first kappa shape index (κ1) is 15.0. The Bertz CT molecular complexity index is 514. The number of amides is 2. The summed E-state index contributed by atoms with van der Waals surface area (Å²) in [7, 11) is 0. The topological polar surface area (TPSA) is 62.3 Å². The number of aromatic nitrogens is 1. The third-order valence-electron chi connectivity index (χ3n) is 3.65. The van der Waals surface area contributed by atoms with E-state index in [0.717, 1.165) is 17.1 Å². The van der Waals surface area contributed by atoms with E-state index in [0.29, 0.717) is 6.42 Å². The van der Waals surface area contributed by atoms with Crippen molar-refractivity contribution < 1.29 is 9.59 Å². The number of piperazine rings is 1. The van der Waals surface area contributed by atoms with Crippen LogP contribution in [0.25, 0.3) is 0 Å². The number of aryl methyl sites for hydroxylation is 1. The van der Waals surface area contributed by atoms with Gasteiger partial charge in [-0.1, -0.05) is 13.3 Å². The summed E-state index contributed by atoms with van der Waals surface area (Å²) in [5.41, 5.74) is 0.948. The molecule has 1 aromatic rings. The van der Waals surface area contributed by atoms with Gasteiger partial charge in [0.2, 0.25) is 11.8 Å². The highest BCUT2D eigenvalue weighted by molar-refractivity contribution is 7.09. The second-order valence-electron chi connectivity index (χ2n) is 5.27. The highest BCUT2D eigenvalue weighted by Gasteiger charge is 2.40. The molecule has 0 saturated carbocycles. The molecule has 1 N–H and O–H groups in total. The van der Waals surface area contributed by atoms with Gasteiger partial charge in [0.1, 0.15) is 17.1 Å². The monoisotopic (exact) mass is 295 g/mol. The van der Waals surface area contributed by atoms with E-state index in [-0.39, 0.29) is 17.9 Å². The number of rotatable bonds is 4. The number of thiazole rings is 1. The molecule has 0 radical (unpaired) electrons. The molecule has 1 aromatic heterocycles. The van der Waals surface area contributed by atoms with Gasteiger partial charge in [-0.3, -0.25) is 9.59 Å². The lowest BCUT2D eigenvalue weighted by molar-refractivity contribution is -0.151. The summed E-state index contributed by atoms with van der Waals surface area (Å²) in [6.45, 7) is 7.65. The molecule has 0 aliphatic carbocycles. The van der Waals surface area contributed by atoms with Crippen LogP contribution in [0.4, 0.5) is 0 Å². The highest BCUT2D eigenvalue weighted by Crippen LogP contribution is 2.28. The molecule has 20 heavy (non-hydrogen) atoms. The van der Waals surface area contributed by atoms with Gasteiger partial charge >= 0.3 is 0 Å². The van der Waals surface area contributed by atoms with E-state index in [2.05, 4.69) is 10.3 Å². The summed E-state index contributed by atoms with van der Waals surface area (Å²) in [4.78, 5) is 30.8. The predicted octanol–water partition coefficient (Wildman–Crippen LogP) is 2.03. The van der Waals surface area contributed by atoms with Crippen LogP contribution >= 0.6 is 11.3 Å². The number of hydrogen-bond donors (Lipinski definition) is 1. The van der Waals surface area contributed by atoms with Crippen molar-refractivity contribution in [2.75, 3.05) is 0 Å². The third-order valence-corrected chi connectivity index (χ3v) is 4.79. The maximum absolute atomic E-state index is 12.6. The lowest BCUT2D eigenvalue weighted by Crippen LogP contribution is -2.62. The molecular formula is C14H21N3O2S. The Morgan fingerprint density at radius 2 is 2.20 bits per heavy atom. The fraction of sp³-hybridized carbons (Fsp3) is 0.643. The van der Waals surface area contributed by atoms with E-state index in [1.165, 1.54) is 11.3 Å². The van der Waals surface area contributed by atoms with Crippen LogP contribution in [0.3, 0.4) is 0 Å². The normalized spacial score (nSPS) is 24.7. The Labute approximate surface area is 123 Å². The van der Waals surface area contributed by atoms with Crippen LogP contribution in [0.2, 0.25) is 0 Å². The summed E-state index contributed by atoms with van der Waals surface area (Å²) >= 11 is 1.53. The summed E-state index contributed by atoms with van der Waals surface area (Å²) in [5, 5.41) is 5.66. The zero-order chi connectivity index (χ0) is 14.9. The minimum Gasteiger partial charge on any atom is -0.343 e. The van der Waals surface area contributed by atoms with Gasteiger partial charge in [0.25, 0.3) is 0 Å². The van der Waals surface area contributed by atoms with E-state index in [9.17, 15) is 9.59 Å². The van der Waals surface area contributed by atoms with Gasteiger partial charge in [0.15, 0.2) is 0 Å². The first-order valence-corrected chi connectivity index (χ1v) is 7.88. The van der Waals surface area contributed by atoms with Gasteiger partial charge in [-0.05, 0) is 27.2 Å². The predicted molar refractivity (Wildman–Crippen MR) is 78.4 cm³/mol. The SMILES string of the molecule is CCCC1NC(=O)C(C)N(C(C)c2nc(C)cs2)C1=O. The van der Waals surface area contributed by atoms with Gasteiger partial charge in [-0.2, -0.15) is 0 Å². The van der Waals surface area contributed by atoms with Crippen LogP contribution in [0.1, 0.15) is 50.4 Å². The zero-order valence-corrected chi connectivity index (χ0v) is 13.2.